The van der Waals surface area contributed by atoms with E-state index in [0.717, 1.165) is 11.3 Å². The second-order valence-corrected chi connectivity index (χ2v) is 6.21. The smallest absolute Gasteiger partial charge is 0.279 e. The summed E-state index contributed by atoms with van der Waals surface area (Å²) >= 11 is 1.26. The van der Waals surface area contributed by atoms with Gasteiger partial charge in [0, 0.05) is 6.08 Å². The fraction of sp³-hybridized carbons (Fsp3) is 0.167. The first-order chi connectivity index (χ1) is 12.5. The number of nitrogens with one attached hydrogen (secondary N) is 3. The summed E-state index contributed by atoms with van der Waals surface area (Å²) in [5.41, 5.74) is 5.40. The zero-order valence-electron chi connectivity index (χ0n) is 14.3. The Balaban J connectivity index is 1.78. The van der Waals surface area contributed by atoms with Gasteiger partial charge in [-0.3, -0.25) is 25.2 Å². The SMILES string of the molecule is COc1ccc(/C=C/C(=O)NC(C)C(=O)NNC(=O)c2cccs2)cc1. The van der Waals surface area contributed by atoms with E-state index in [0.29, 0.717) is 4.88 Å². The predicted molar refractivity (Wildman–Crippen MR) is 99.6 cm³/mol. The van der Waals surface area contributed by atoms with E-state index in [4.69, 9.17) is 4.74 Å². The molecule has 7 nitrogen and oxygen atoms in total. The molecule has 0 spiro atoms. The van der Waals surface area contributed by atoms with Crippen LogP contribution in [0.1, 0.15) is 22.2 Å². The van der Waals surface area contributed by atoms with Gasteiger partial charge in [-0.2, -0.15) is 0 Å². The molecule has 0 bridgehead atoms. The molecule has 2 aromatic rings. The van der Waals surface area contributed by atoms with Gasteiger partial charge in [0.25, 0.3) is 11.8 Å². The molecule has 136 valence electrons. The Morgan fingerprint density at radius 3 is 2.46 bits per heavy atom. The Morgan fingerprint density at radius 1 is 1.12 bits per heavy atom. The molecule has 0 fully saturated rings. The Labute approximate surface area is 155 Å². The first kappa shape index (κ1) is 19.2. The van der Waals surface area contributed by atoms with Gasteiger partial charge in [0.2, 0.25) is 5.91 Å². The maximum absolute atomic E-state index is 11.9. The van der Waals surface area contributed by atoms with Gasteiger partial charge in [0.1, 0.15) is 11.8 Å². The van der Waals surface area contributed by atoms with Crippen molar-refractivity contribution in [2.45, 2.75) is 13.0 Å². The number of rotatable bonds is 6. The lowest BCUT2D eigenvalue weighted by molar-refractivity contribution is -0.127. The van der Waals surface area contributed by atoms with Gasteiger partial charge in [-0.05, 0) is 42.1 Å². The molecule has 1 heterocycles. The van der Waals surface area contributed by atoms with Crippen LogP contribution in [-0.4, -0.2) is 30.9 Å². The molecule has 0 aliphatic carbocycles. The third kappa shape index (κ3) is 5.75. The zero-order chi connectivity index (χ0) is 18.9. The number of hydrogen-bond acceptors (Lipinski definition) is 5. The molecule has 26 heavy (non-hydrogen) atoms. The van der Waals surface area contributed by atoms with Gasteiger partial charge >= 0.3 is 0 Å². The molecule has 3 amide bonds. The summed E-state index contributed by atoms with van der Waals surface area (Å²) in [6, 6.07) is 9.73. The Hall–Kier alpha value is -3.13. The summed E-state index contributed by atoms with van der Waals surface area (Å²) in [6.45, 7) is 1.52. The summed E-state index contributed by atoms with van der Waals surface area (Å²) in [5, 5.41) is 4.28. The van der Waals surface area contributed by atoms with Gasteiger partial charge in [0.05, 0.1) is 12.0 Å². The Morgan fingerprint density at radius 2 is 1.85 bits per heavy atom. The van der Waals surface area contributed by atoms with Crippen molar-refractivity contribution in [3.63, 3.8) is 0 Å². The maximum Gasteiger partial charge on any atom is 0.279 e. The number of carbonyl (C=O) groups is 3. The van der Waals surface area contributed by atoms with Crippen LogP contribution in [0.5, 0.6) is 5.75 Å². The Bertz CT molecular complexity index is 785. The standard InChI is InChI=1S/C18H19N3O4S/c1-12(17(23)20-21-18(24)15-4-3-11-26-15)19-16(22)10-7-13-5-8-14(25-2)9-6-13/h3-12H,1-2H3,(H,19,22)(H,20,23)(H,21,24)/b10-7+. The molecule has 1 aromatic carbocycles. The molecule has 1 unspecified atom stereocenters. The molecule has 0 saturated heterocycles. The van der Waals surface area contributed by atoms with Gasteiger partial charge < -0.3 is 10.1 Å². The summed E-state index contributed by atoms with van der Waals surface area (Å²) in [7, 11) is 1.58. The minimum Gasteiger partial charge on any atom is -0.497 e. The first-order valence-electron chi connectivity index (χ1n) is 7.76. The van der Waals surface area contributed by atoms with E-state index in [9.17, 15) is 14.4 Å². The molecule has 0 aliphatic heterocycles. The summed E-state index contributed by atoms with van der Waals surface area (Å²) in [5.74, 6) is -0.637. The molecule has 0 radical (unpaired) electrons. The van der Waals surface area contributed by atoms with E-state index in [1.807, 2.05) is 0 Å². The zero-order valence-corrected chi connectivity index (χ0v) is 15.1. The van der Waals surface area contributed by atoms with E-state index in [1.165, 1.54) is 24.3 Å². The third-order valence-corrected chi connectivity index (χ3v) is 4.21. The second-order valence-electron chi connectivity index (χ2n) is 5.26. The minimum atomic E-state index is -0.813. The maximum atomic E-state index is 11.9. The average molecular weight is 373 g/mol. The van der Waals surface area contributed by atoms with Crippen LogP contribution < -0.4 is 20.9 Å². The molecule has 0 saturated carbocycles. The van der Waals surface area contributed by atoms with E-state index in [1.54, 1.807) is 55.0 Å². The molecule has 3 N–H and O–H groups in total. The van der Waals surface area contributed by atoms with Crippen molar-refractivity contribution in [3.05, 3.63) is 58.3 Å². The molecular weight excluding hydrogens is 354 g/mol. The Kier molecular flexibility index (Phi) is 6.92. The molecule has 0 aliphatic rings. The van der Waals surface area contributed by atoms with Crippen LogP contribution in [0.15, 0.2) is 47.9 Å². The summed E-state index contributed by atoms with van der Waals surface area (Å²) in [6.07, 6.45) is 2.95. The number of methoxy groups -OCH3 is 1. The van der Waals surface area contributed by atoms with E-state index < -0.39 is 23.8 Å². The summed E-state index contributed by atoms with van der Waals surface area (Å²) < 4.78 is 5.06. The van der Waals surface area contributed by atoms with Crippen LogP contribution in [0.4, 0.5) is 0 Å². The average Bonchev–Trinajstić information content (AvgIpc) is 3.19. The van der Waals surface area contributed by atoms with E-state index in [2.05, 4.69) is 16.2 Å². The van der Waals surface area contributed by atoms with Crippen molar-refractivity contribution in [2.75, 3.05) is 7.11 Å². The molecule has 8 heteroatoms. The fourth-order valence-corrected chi connectivity index (χ4v) is 2.53. The van der Waals surface area contributed by atoms with Gasteiger partial charge in [-0.15, -0.1) is 11.3 Å². The predicted octanol–water partition coefficient (Wildman–Crippen LogP) is 1.74. The monoisotopic (exact) mass is 373 g/mol. The highest BCUT2D eigenvalue weighted by Gasteiger charge is 2.15. The quantitative estimate of drug-likeness (QED) is 0.531. The van der Waals surface area contributed by atoms with Crippen molar-refractivity contribution in [2.24, 2.45) is 0 Å². The largest absolute Gasteiger partial charge is 0.497 e. The van der Waals surface area contributed by atoms with Crippen molar-refractivity contribution in [1.29, 1.82) is 0 Å². The number of ether oxygens (including phenoxy) is 1. The number of hydrogen-bond donors (Lipinski definition) is 3. The van der Waals surface area contributed by atoms with Crippen LogP contribution in [-0.2, 0) is 9.59 Å². The highest BCUT2D eigenvalue weighted by molar-refractivity contribution is 7.12. The number of amides is 3. The van der Waals surface area contributed by atoms with Crippen molar-refractivity contribution >= 4 is 35.1 Å². The lowest BCUT2D eigenvalue weighted by Gasteiger charge is -2.13. The normalized spacial score (nSPS) is 11.6. The van der Waals surface area contributed by atoms with Crippen molar-refractivity contribution < 1.29 is 19.1 Å². The number of hydrazine groups is 1. The number of carbonyl (C=O) groups excluding carboxylic acids is 3. The van der Waals surface area contributed by atoms with Crippen molar-refractivity contribution in [3.8, 4) is 5.75 Å². The lowest BCUT2D eigenvalue weighted by atomic mass is 10.2. The van der Waals surface area contributed by atoms with Gasteiger partial charge in [-0.25, -0.2) is 0 Å². The number of benzene rings is 1. The van der Waals surface area contributed by atoms with E-state index in [-0.39, 0.29) is 0 Å². The first-order valence-corrected chi connectivity index (χ1v) is 8.64. The highest BCUT2D eigenvalue weighted by Crippen LogP contribution is 2.12. The van der Waals surface area contributed by atoms with Crippen LogP contribution >= 0.6 is 11.3 Å². The fourth-order valence-electron chi connectivity index (χ4n) is 1.91. The molecule has 2 rings (SSSR count). The van der Waals surface area contributed by atoms with Gasteiger partial charge in [0.15, 0.2) is 0 Å². The topological polar surface area (TPSA) is 96.5 Å². The molecular formula is C18H19N3O4S. The van der Waals surface area contributed by atoms with E-state index >= 15 is 0 Å². The highest BCUT2D eigenvalue weighted by atomic mass is 32.1. The summed E-state index contributed by atoms with van der Waals surface area (Å²) in [4.78, 5) is 36.0. The van der Waals surface area contributed by atoms with Gasteiger partial charge in [-0.1, -0.05) is 18.2 Å². The molecule has 1 atom stereocenters. The van der Waals surface area contributed by atoms with Crippen LogP contribution in [0.3, 0.4) is 0 Å². The second kappa shape index (κ2) is 9.38. The molecule has 1 aromatic heterocycles. The van der Waals surface area contributed by atoms with Crippen LogP contribution in [0, 0.1) is 0 Å². The van der Waals surface area contributed by atoms with Crippen molar-refractivity contribution in [1.82, 2.24) is 16.2 Å². The van der Waals surface area contributed by atoms with Crippen LogP contribution in [0.2, 0.25) is 0 Å². The minimum absolute atomic E-state index is 0.411. The van der Waals surface area contributed by atoms with Crippen LogP contribution in [0.25, 0.3) is 6.08 Å². The number of thiophene rings is 1. The lowest BCUT2D eigenvalue weighted by Crippen LogP contribution is -2.50. The third-order valence-electron chi connectivity index (χ3n) is 3.34.